The number of rotatable bonds is 3. The van der Waals surface area contributed by atoms with E-state index in [0.717, 1.165) is 31.0 Å². The van der Waals surface area contributed by atoms with E-state index >= 15 is 0 Å². The molecule has 3 heteroatoms. The molecule has 0 saturated carbocycles. The summed E-state index contributed by atoms with van der Waals surface area (Å²) in [6.07, 6.45) is 1.03. The smallest absolute Gasteiger partial charge is 0.130 e. The van der Waals surface area contributed by atoms with Gasteiger partial charge in [0.2, 0.25) is 0 Å². The average Bonchev–Trinajstić information content (AvgIpc) is 2.48. The van der Waals surface area contributed by atoms with Crippen LogP contribution < -0.4 is 15.0 Å². The van der Waals surface area contributed by atoms with Crippen molar-refractivity contribution in [1.29, 1.82) is 0 Å². The van der Waals surface area contributed by atoms with E-state index in [4.69, 9.17) is 4.74 Å². The zero-order valence-corrected chi connectivity index (χ0v) is 12.0. The highest BCUT2D eigenvalue weighted by molar-refractivity contribution is 5.49. The number of benzene rings is 2. The minimum absolute atomic E-state index is 0.891. The van der Waals surface area contributed by atoms with Crippen molar-refractivity contribution in [2.75, 3.05) is 25.5 Å². The van der Waals surface area contributed by atoms with Crippen molar-refractivity contribution in [2.45, 2.75) is 13.0 Å². The molecule has 1 N–H and O–H groups in total. The van der Waals surface area contributed by atoms with Crippen LogP contribution >= 0.6 is 0 Å². The summed E-state index contributed by atoms with van der Waals surface area (Å²) in [5, 5.41) is 3.39. The molecule has 3 nitrogen and oxygen atoms in total. The molecule has 0 amide bonds. The summed E-state index contributed by atoms with van der Waals surface area (Å²) >= 11 is 0. The summed E-state index contributed by atoms with van der Waals surface area (Å²) in [5.74, 6) is 1.88. The van der Waals surface area contributed by atoms with Crippen LogP contribution in [0.15, 0.2) is 42.5 Å². The van der Waals surface area contributed by atoms with Gasteiger partial charge in [-0.05, 0) is 48.9 Å². The average molecular weight is 268 g/mol. The number of ether oxygens (including phenoxy) is 1. The zero-order chi connectivity index (χ0) is 13.9. The lowest BCUT2D eigenvalue weighted by Crippen LogP contribution is -2.23. The lowest BCUT2D eigenvalue weighted by molar-refractivity contribution is 0.469. The second kappa shape index (κ2) is 5.55. The van der Waals surface area contributed by atoms with Gasteiger partial charge in [-0.3, -0.25) is 0 Å². The maximum atomic E-state index is 6.07. The minimum atomic E-state index is 0.891. The number of anilines is 1. The molecule has 1 aliphatic heterocycles. The fourth-order valence-corrected chi connectivity index (χ4v) is 2.53. The molecule has 1 aliphatic rings. The van der Waals surface area contributed by atoms with Gasteiger partial charge in [0, 0.05) is 31.9 Å². The SMILES string of the molecule is CN(C)c1ccc(Oc2cccc3c2CCNC3)cc1. The third kappa shape index (κ3) is 2.63. The molecular weight excluding hydrogens is 248 g/mol. The summed E-state index contributed by atoms with van der Waals surface area (Å²) in [5.41, 5.74) is 3.86. The van der Waals surface area contributed by atoms with E-state index in [1.807, 2.05) is 26.2 Å². The first kappa shape index (κ1) is 13.0. The molecule has 0 spiro atoms. The summed E-state index contributed by atoms with van der Waals surface area (Å²) in [6.45, 7) is 1.96. The second-order valence-electron chi connectivity index (χ2n) is 5.31. The van der Waals surface area contributed by atoms with Gasteiger partial charge in [-0.1, -0.05) is 12.1 Å². The third-order valence-corrected chi connectivity index (χ3v) is 3.68. The van der Waals surface area contributed by atoms with Gasteiger partial charge in [0.25, 0.3) is 0 Å². The Morgan fingerprint density at radius 3 is 2.60 bits per heavy atom. The van der Waals surface area contributed by atoms with Crippen LogP contribution in [0.3, 0.4) is 0 Å². The quantitative estimate of drug-likeness (QED) is 0.925. The number of hydrogen-bond acceptors (Lipinski definition) is 3. The van der Waals surface area contributed by atoms with E-state index in [1.165, 1.54) is 16.8 Å². The summed E-state index contributed by atoms with van der Waals surface area (Å²) < 4.78 is 6.07. The molecule has 0 fully saturated rings. The van der Waals surface area contributed by atoms with Gasteiger partial charge in [0.05, 0.1) is 0 Å². The molecule has 20 heavy (non-hydrogen) atoms. The number of nitrogens with one attached hydrogen (secondary N) is 1. The lowest BCUT2D eigenvalue weighted by atomic mass is 10.0. The molecular formula is C17H20N2O. The fraction of sp³-hybridized carbons (Fsp3) is 0.294. The van der Waals surface area contributed by atoms with Crippen molar-refractivity contribution < 1.29 is 4.74 Å². The van der Waals surface area contributed by atoms with Crippen LogP contribution in [-0.4, -0.2) is 20.6 Å². The van der Waals surface area contributed by atoms with Crippen LogP contribution in [0.5, 0.6) is 11.5 Å². The van der Waals surface area contributed by atoms with Gasteiger partial charge in [-0.15, -0.1) is 0 Å². The minimum Gasteiger partial charge on any atom is -0.457 e. The summed E-state index contributed by atoms with van der Waals surface area (Å²) in [6, 6.07) is 14.5. The summed E-state index contributed by atoms with van der Waals surface area (Å²) in [4.78, 5) is 2.08. The molecule has 0 atom stereocenters. The lowest BCUT2D eigenvalue weighted by Gasteiger charge is -2.20. The van der Waals surface area contributed by atoms with E-state index < -0.39 is 0 Å². The highest BCUT2D eigenvalue weighted by Crippen LogP contribution is 2.30. The topological polar surface area (TPSA) is 24.5 Å². The monoisotopic (exact) mass is 268 g/mol. The van der Waals surface area contributed by atoms with Gasteiger partial charge in [-0.2, -0.15) is 0 Å². The fourth-order valence-electron chi connectivity index (χ4n) is 2.53. The molecule has 0 radical (unpaired) electrons. The van der Waals surface area contributed by atoms with Crippen molar-refractivity contribution >= 4 is 5.69 Å². The van der Waals surface area contributed by atoms with Crippen molar-refractivity contribution in [3.05, 3.63) is 53.6 Å². The first-order chi connectivity index (χ1) is 9.74. The standard InChI is InChI=1S/C17H20N2O/c1-19(2)14-6-8-15(9-7-14)20-17-5-3-4-13-12-18-11-10-16(13)17/h3-9,18H,10-12H2,1-2H3. The Kier molecular flexibility index (Phi) is 3.61. The number of hydrogen-bond donors (Lipinski definition) is 1. The Balaban J connectivity index is 1.84. The van der Waals surface area contributed by atoms with Crippen LogP contribution in [0.4, 0.5) is 5.69 Å². The molecule has 2 aromatic rings. The Bertz CT molecular complexity index is 590. The molecule has 2 aromatic carbocycles. The Morgan fingerprint density at radius 1 is 1.05 bits per heavy atom. The number of nitrogens with zero attached hydrogens (tertiary/aromatic N) is 1. The highest BCUT2D eigenvalue weighted by atomic mass is 16.5. The van der Waals surface area contributed by atoms with Gasteiger partial charge in [-0.25, -0.2) is 0 Å². The Morgan fingerprint density at radius 2 is 1.85 bits per heavy atom. The van der Waals surface area contributed by atoms with Crippen molar-refractivity contribution in [3.63, 3.8) is 0 Å². The molecule has 104 valence electrons. The predicted octanol–water partition coefficient (Wildman–Crippen LogP) is 3.19. The van der Waals surface area contributed by atoms with Crippen molar-refractivity contribution in [2.24, 2.45) is 0 Å². The maximum Gasteiger partial charge on any atom is 0.130 e. The van der Waals surface area contributed by atoms with Gasteiger partial charge in [0.1, 0.15) is 11.5 Å². The van der Waals surface area contributed by atoms with Gasteiger partial charge in [0.15, 0.2) is 0 Å². The maximum absolute atomic E-state index is 6.07. The molecule has 0 aliphatic carbocycles. The van der Waals surface area contributed by atoms with E-state index in [9.17, 15) is 0 Å². The van der Waals surface area contributed by atoms with Crippen LogP contribution in [0, 0.1) is 0 Å². The molecule has 0 bridgehead atoms. The molecule has 1 heterocycles. The predicted molar refractivity (Wildman–Crippen MR) is 82.7 cm³/mol. The first-order valence-corrected chi connectivity index (χ1v) is 7.01. The van der Waals surface area contributed by atoms with E-state index in [2.05, 4.69) is 40.5 Å². The van der Waals surface area contributed by atoms with E-state index in [1.54, 1.807) is 0 Å². The molecule has 0 saturated heterocycles. The largest absolute Gasteiger partial charge is 0.457 e. The van der Waals surface area contributed by atoms with Gasteiger partial charge >= 0.3 is 0 Å². The molecule has 0 unspecified atom stereocenters. The van der Waals surface area contributed by atoms with E-state index in [-0.39, 0.29) is 0 Å². The van der Waals surface area contributed by atoms with Gasteiger partial charge < -0.3 is 15.0 Å². The molecule has 3 rings (SSSR count). The van der Waals surface area contributed by atoms with Crippen LogP contribution in [-0.2, 0) is 13.0 Å². The van der Waals surface area contributed by atoms with E-state index in [0.29, 0.717) is 0 Å². The Labute approximate surface area is 120 Å². The van der Waals surface area contributed by atoms with Crippen molar-refractivity contribution in [1.82, 2.24) is 5.32 Å². The van der Waals surface area contributed by atoms with Crippen LogP contribution in [0.1, 0.15) is 11.1 Å². The number of fused-ring (bicyclic) bond motifs is 1. The summed E-state index contributed by atoms with van der Waals surface area (Å²) in [7, 11) is 4.08. The highest BCUT2D eigenvalue weighted by Gasteiger charge is 2.13. The first-order valence-electron chi connectivity index (χ1n) is 7.01. The normalized spacial score (nSPS) is 13.7. The Hall–Kier alpha value is -2.00. The zero-order valence-electron chi connectivity index (χ0n) is 12.0. The van der Waals surface area contributed by atoms with Crippen LogP contribution in [0.2, 0.25) is 0 Å². The third-order valence-electron chi connectivity index (χ3n) is 3.68. The second-order valence-corrected chi connectivity index (χ2v) is 5.31. The van der Waals surface area contributed by atoms with Crippen molar-refractivity contribution in [3.8, 4) is 11.5 Å². The van der Waals surface area contributed by atoms with Crippen LogP contribution in [0.25, 0.3) is 0 Å². The molecule has 0 aromatic heterocycles.